The maximum absolute atomic E-state index is 7.63. The van der Waals surface area contributed by atoms with Crippen LogP contribution in [0.5, 0.6) is 0 Å². The second-order valence-electron chi connectivity index (χ2n) is 12.0. The number of aromatic amines is 5. The minimum Gasteiger partial charge on any atom is -0.468 e. The van der Waals surface area contributed by atoms with E-state index in [1.54, 1.807) is 12.5 Å². The number of nitrogens with one attached hydrogen (secondary N) is 5. The number of benzene rings is 2. The maximum Gasteiger partial charge on any atom is 0.228 e. The Morgan fingerprint density at radius 2 is 1.52 bits per heavy atom. The molecular weight excluding hydrogens is 598 g/mol. The molecule has 10 heteroatoms. The van der Waals surface area contributed by atoms with Crippen LogP contribution in [0.3, 0.4) is 0 Å². The molecule has 1 aliphatic heterocycles. The second-order valence-corrected chi connectivity index (χ2v) is 12.0. The molecule has 5 N–H and O–H groups in total. The fourth-order valence-corrected chi connectivity index (χ4v) is 7.58. The summed E-state index contributed by atoms with van der Waals surface area (Å²) in [7, 11) is 0. The highest BCUT2D eigenvalue weighted by atomic mass is 16.5. The van der Waals surface area contributed by atoms with Gasteiger partial charge < -0.3 is 29.7 Å². The number of pyridine rings is 1. The fourth-order valence-electron chi connectivity index (χ4n) is 7.58. The highest BCUT2D eigenvalue weighted by Gasteiger charge is 2.70. The van der Waals surface area contributed by atoms with E-state index < -0.39 is 11.0 Å². The predicted octanol–water partition coefficient (Wildman–Crippen LogP) is 7.20. The molecule has 0 saturated heterocycles. The van der Waals surface area contributed by atoms with E-state index in [0.29, 0.717) is 17.2 Å². The first-order valence-electron chi connectivity index (χ1n) is 15.7. The van der Waals surface area contributed by atoms with Gasteiger partial charge in [0.15, 0.2) is 17.2 Å². The van der Waals surface area contributed by atoms with Crippen LogP contribution in [-0.4, -0.2) is 44.9 Å². The normalized spacial score (nSPS) is 19.5. The standard InChI is InChI=1S/C38H27N9O/c1-3-11-25-24(10-1)20-42-34(25)37(30-14-5-6-16-40-30)32(28-19-23-9-2-4-12-26(23)46-28)33(27-13-7-17-39-27)48-38(37,31-15-8-18-41-31)36-43-21-29-35(47-36)45-22-44-29/h1-22,39,41-42,46H,(H,43,44,45,47). The highest BCUT2D eigenvalue weighted by Crippen LogP contribution is 2.66. The van der Waals surface area contributed by atoms with Crippen molar-refractivity contribution in [1.82, 2.24) is 44.9 Å². The van der Waals surface area contributed by atoms with Gasteiger partial charge in [-0.05, 0) is 59.3 Å². The monoisotopic (exact) mass is 625 g/mol. The number of fused-ring (bicyclic) bond motifs is 3. The van der Waals surface area contributed by atoms with Crippen LogP contribution >= 0.6 is 0 Å². The molecule has 2 atom stereocenters. The zero-order chi connectivity index (χ0) is 31.7. The van der Waals surface area contributed by atoms with E-state index in [1.165, 1.54) is 0 Å². The topological polar surface area (TPSA) is 140 Å². The van der Waals surface area contributed by atoms with Gasteiger partial charge in [-0.25, -0.2) is 15.0 Å². The van der Waals surface area contributed by atoms with Crippen LogP contribution in [0.15, 0.2) is 134 Å². The average Bonchev–Trinajstić information content (AvgIpc) is 3.98. The summed E-state index contributed by atoms with van der Waals surface area (Å²) in [4.78, 5) is 37.6. The molecule has 0 spiro atoms. The van der Waals surface area contributed by atoms with Crippen LogP contribution in [0.25, 0.3) is 44.2 Å². The van der Waals surface area contributed by atoms with E-state index >= 15 is 0 Å². The van der Waals surface area contributed by atoms with Crippen LogP contribution < -0.4 is 0 Å². The molecule has 0 saturated carbocycles. The lowest BCUT2D eigenvalue weighted by molar-refractivity contribution is 0.0412. The van der Waals surface area contributed by atoms with Gasteiger partial charge in [0.1, 0.15) is 10.9 Å². The van der Waals surface area contributed by atoms with Crippen molar-refractivity contribution < 1.29 is 4.74 Å². The second kappa shape index (κ2) is 9.91. The summed E-state index contributed by atoms with van der Waals surface area (Å²) < 4.78 is 7.63. The molecule has 10 rings (SSSR count). The molecule has 8 heterocycles. The fraction of sp³-hybridized carbons (Fsp3) is 0.0526. The lowest BCUT2D eigenvalue weighted by Crippen LogP contribution is -2.52. The third-order valence-electron chi connectivity index (χ3n) is 9.52. The summed E-state index contributed by atoms with van der Waals surface area (Å²) in [6, 6.07) is 32.8. The molecular formula is C38H27N9O. The van der Waals surface area contributed by atoms with Gasteiger partial charge in [-0.3, -0.25) is 4.98 Å². The number of hydrogen-bond donors (Lipinski definition) is 5. The molecule has 2 unspecified atom stereocenters. The predicted molar refractivity (Wildman–Crippen MR) is 184 cm³/mol. The van der Waals surface area contributed by atoms with E-state index in [4.69, 9.17) is 19.7 Å². The van der Waals surface area contributed by atoms with Crippen molar-refractivity contribution in [1.29, 1.82) is 0 Å². The van der Waals surface area contributed by atoms with Crippen molar-refractivity contribution in [3.8, 4) is 0 Å². The molecule has 0 radical (unpaired) electrons. The number of ether oxygens (including phenoxy) is 1. The summed E-state index contributed by atoms with van der Waals surface area (Å²) in [5, 5.41) is 3.14. The molecule has 230 valence electrons. The van der Waals surface area contributed by atoms with E-state index in [2.05, 4.69) is 72.4 Å². The Morgan fingerprint density at radius 3 is 2.35 bits per heavy atom. The summed E-state index contributed by atoms with van der Waals surface area (Å²) in [5.41, 5.74) is 4.52. The number of rotatable bonds is 6. The van der Waals surface area contributed by atoms with Gasteiger partial charge in [-0.15, -0.1) is 0 Å². The van der Waals surface area contributed by atoms with Crippen molar-refractivity contribution in [2.75, 3.05) is 0 Å². The number of imidazole rings is 1. The molecule has 48 heavy (non-hydrogen) atoms. The van der Waals surface area contributed by atoms with E-state index in [1.807, 2.05) is 79.4 Å². The van der Waals surface area contributed by atoms with Gasteiger partial charge in [-0.2, -0.15) is 0 Å². The Bertz CT molecular complexity index is 2580. The van der Waals surface area contributed by atoms with Crippen molar-refractivity contribution >= 4 is 44.2 Å². The summed E-state index contributed by atoms with van der Waals surface area (Å²) in [5.74, 6) is 1.06. The smallest absolute Gasteiger partial charge is 0.228 e. The van der Waals surface area contributed by atoms with Crippen molar-refractivity contribution in [2.24, 2.45) is 0 Å². The molecule has 7 aromatic heterocycles. The van der Waals surface area contributed by atoms with Gasteiger partial charge in [0, 0.05) is 52.7 Å². The van der Waals surface area contributed by atoms with Crippen LogP contribution in [0.4, 0.5) is 0 Å². The SMILES string of the molecule is c1ccc(C2(c3[nH]cc4ccccc34)C(c3cc4ccccc4[nH]3)=C(c3ccc[nH]3)OC2(c2ncc3[nH]cnc3n2)c2ccc[nH]2)nc1. The van der Waals surface area contributed by atoms with Crippen LogP contribution in [0, 0.1) is 0 Å². The molecule has 0 aliphatic carbocycles. The van der Waals surface area contributed by atoms with Crippen molar-refractivity contribution in [3.63, 3.8) is 0 Å². The maximum atomic E-state index is 7.63. The molecule has 1 aliphatic rings. The Kier molecular flexibility index (Phi) is 5.48. The van der Waals surface area contributed by atoms with Crippen molar-refractivity contribution in [2.45, 2.75) is 11.0 Å². The Morgan fingerprint density at radius 1 is 0.667 bits per heavy atom. The molecule has 0 fully saturated rings. The van der Waals surface area contributed by atoms with Gasteiger partial charge in [0.25, 0.3) is 0 Å². The average molecular weight is 626 g/mol. The van der Waals surface area contributed by atoms with Gasteiger partial charge in [0.05, 0.1) is 29.6 Å². The quantitative estimate of drug-likeness (QED) is 0.133. The first-order chi connectivity index (χ1) is 23.8. The Labute approximate surface area is 273 Å². The van der Waals surface area contributed by atoms with E-state index in [-0.39, 0.29) is 0 Å². The number of aromatic nitrogens is 9. The largest absolute Gasteiger partial charge is 0.468 e. The third-order valence-corrected chi connectivity index (χ3v) is 9.52. The highest BCUT2D eigenvalue weighted by molar-refractivity contribution is 6.03. The minimum absolute atomic E-state index is 0.420. The first kappa shape index (κ1) is 26.5. The molecule has 9 aromatic rings. The van der Waals surface area contributed by atoms with Gasteiger partial charge >= 0.3 is 0 Å². The van der Waals surface area contributed by atoms with Crippen LogP contribution in [-0.2, 0) is 15.8 Å². The zero-order valence-corrected chi connectivity index (χ0v) is 25.4. The lowest BCUT2D eigenvalue weighted by Gasteiger charge is -2.43. The molecule has 0 bridgehead atoms. The molecule has 0 amide bonds. The number of nitrogens with zero attached hydrogens (tertiary/aromatic N) is 4. The summed E-state index contributed by atoms with van der Waals surface area (Å²) in [6.45, 7) is 0. The van der Waals surface area contributed by atoms with Gasteiger partial charge in [-0.1, -0.05) is 48.5 Å². The number of hydrogen-bond acceptors (Lipinski definition) is 5. The summed E-state index contributed by atoms with van der Waals surface area (Å²) in [6.07, 6.45) is 11.1. The third kappa shape index (κ3) is 3.45. The number of para-hydroxylation sites is 1. The van der Waals surface area contributed by atoms with Crippen LogP contribution in [0.1, 0.15) is 34.3 Å². The Hall–Kier alpha value is -6.68. The lowest BCUT2D eigenvalue weighted by atomic mass is 9.60. The molecule has 2 aromatic carbocycles. The van der Waals surface area contributed by atoms with Crippen LogP contribution in [0.2, 0.25) is 0 Å². The van der Waals surface area contributed by atoms with E-state index in [9.17, 15) is 0 Å². The van der Waals surface area contributed by atoms with Crippen molar-refractivity contribution in [3.05, 3.63) is 169 Å². The molecule has 10 nitrogen and oxygen atoms in total. The minimum atomic E-state index is -1.43. The summed E-state index contributed by atoms with van der Waals surface area (Å²) >= 11 is 0. The first-order valence-corrected chi connectivity index (χ1v) is 15.7. The van der Waals surface area contributed by atoms with E-state index in [0.717, 1.165) is 61.2 Å². The zero-order valence-electron chi connectivity index (χ0n) is 25.4. The Balaban J connectivity index is 1.46. The number of H-pyrrole nitrogens is 5. The van der Waals surface area contributed by atoms with Gasteiger partial charge in [0.2, 0.25) is 5.60 Å².